The first kappa shape index (κ1) is 11.4. The molecule has 0 saturated heterocycles. The molecule has 0 spiro atoms. The highest BCUT2D eigenvalue weighted by atomic mass is 16.6. The summed E-state index contributed by atoms with van der Waals surface area (Å²) < 4.78 is 5.13. The summed E-state index contributed by atoms with van der Waals surface area (Å²) >= 11 is 0. The van der Waals surface area contributed by atoms with E-state index < -0.39 is 0 Å². The van der Waals surface area contributed by atoms with E-state index in [9.17, 15) is 10.1 Å². The largest absolute Gasteiger partial charge is 0.497 e. The van der Waals surface area contributed by atoms with Crippen molar-refractivity contribution < 1.29 is 9.66 Å². The van der Waals surface area contributed by atoms with Crippen LogP contribution in [0.15, 0.2) is 24.3 Å². The summed E-state index contributed by atoms with van der Waals surface area (Å²) in [5.41, 5.74) is 1.85. The first-order valence-electron chi connectivity index (χ1n) is 5.38. The topological polar surface area (TPSA) is 68.2 Å². The molecule has 0 saturated carbocycles. The minimum absolute atomic E-state index is 0.0655. The Balaban J connectivity index is 2.33. The van der Waals surface area contributed by atoms with Crippen LogP contribution >= 0.6 is 0 Å². The van der Waals surface area contributed by atoms with E-state index in [1.807, 2.05) is 31.2 Å². The van der Waals surface area contributed by atoms with Crippen LogP contribution < -0.4 is 4.74 Å². The van der Waals surface area contributed by atoms with Crippen LogP contribution in [0.3, 0.4) is 0 Å². The Labute approximate surface area is 98.5 Å². The summed E-state index contributed by atoms with van der Waals surface area (Å²) in [5, 5.41) is 11.5. The monoisotopic (exact) mass is 234 g/mol. The van der Waals surface area contributed by atoms with Gasteiger partial charge in [0.25, 0.3) is 0 Å². The van der Waals surface area contributed by atoms with Crippen LogP contribution in [0, 0.1) is 10.1 Å². The van der Waals surface area contributed by atoms with Crippen molar-refractivity contribution in [2.45, 2.75) is 12.8 Å². The number of aromatic nitrogens is 1. The van der Waals surface area contributed by atoms with Gasteiger partial charge in [-0.15, -0.1) is 0 Å². The van der Waals surface area contributed by atoms with Crippen molar-refractivity contribution in [2.24, 2.45) is 0 Å². The van der Waals surface area contributed by atoms with Gasteiger partial charge in [0.2, 0.25) is 6.54 Å². The number of nitro groups is 1. The van der Waals surface area contributed by atoms with Gasteiger partial charge in [0, 0.05) is 21.5 Å². The van der Waals surface area contributed by atoms with E-state index in [4.69, 9.17) is 4.74 Å². The molecule has 0 fully saturated rings. The Hall–Kier alpha value is -2.04. The average Bonchev–Trinajstić information content (AvgIpc) is 2.70. The number of aromatic amines is 1. The zero-order chi connectivity index (χ0) is 12.4. The molecule has 1 N–H and O–H groups in total. The molecule has 0 aliphatic heterocycles. The van der Waals surface area contributed by atoms with Gasteiger partial charge in [-0.3, -0.25) is 10.1 Å². The van der Waals surface area contributed by atoms with Crippen molar-refractivity contribution in [3.8, 4) is 5.75 Å². The second-order valence-electron chi connectivity index (χ2n) is 4.09. The molecular formula is C12H14N2O3. The number of ether oxygens (including phenoxy) is 1. The van der Waals surface area contributed by atoms with E-state index in [-0.39, 0.29) is 17.4 Å². The number of hydrogen-bond acceptors (Lipinski definition) is 3. The van der Waals surface area contributed by atoms with Crippen LogP contribution in [-0.2, 0) is 0 Å². The number of hydrogen-bond donors (Lipinski definition) is 1. The summed E-state index contributed by atoms with van der Waals surface area (Å²) in [6, 6.07) is 7.62. The molecule has 17 heavy (non-hydrogen) atoms. The SMILES string of the molecule is COc1ccc2[nH]c([C@@H](C)C[N+](=O)[O-])cc2c1. The summed E-state index contributed by atoms with van der Waals surface area (Å²) in [7, 11) is 1.62. The van der Waals surface area contributed by atoms with Crippen molar-refractivity contribution in [3.05, 3.63) is 40.1 Å². The lowest BCUT2D eigenvalue weighted by atomic mass is 10.1. The zero-order valence-electron chi connectivity index (χ0n) is 9.77. The normalized spacial score (nSPS) is 12.6. The van der Waals surface area contributed by atoms with E-state index >= 15 is 0 Å². The number of nitrogens with one attached hydrogen (secondary N) is 1. The maximum atomic E-state index is 10.5. The second-order valence-corrected chi connectivity index (χ2v) is 4.09. The molecule has 0 aliphatic rings. The van der Waals surface area contributed by atoms with Crippen LogP contribution in [0.2, 0.25) is 0 Å². The van der Waals surface area contributed by atoms with Gasteiger partial charge in [0.15, 0.2) is 0 Å². The van der Waals surface area contributed by atoms with Crippen LogP contribution in [0.5, 0.6) is 5.75 Å². The van der Waals surface area contributed by atoms with Crippen molar-refractivity contribution in [1.29, 1.82) is 0 Å². The molecule has 0 aliphatic carbocycles. The molecule has 0 bridgehead atoms. The van der Waals surface area contributed by atoms with Gasteiger partial charge < -0.3 is 9.72 Å². The van der Waals surface area contributed by atoms with E-state index in [0.29, 0.717) is 0 Å². The highest BCUT2D eigenvalue weighted by Gasteiger charge is 2.14. The summed E-state index contributed by atoms with van der Waals surface area (Å²) in [6.45, 7) is 1.77. The Kier molecular flexibility index (Phi) is 2.99. The number of H-pyrrole nitrogens is 1. The lowest BCUT2D eigenvalue weighted by Gasteiger charge is -2.02. The minimum Gasteiger partial charge on any atom is -0.497 e. The molecule has 2 aromatic rings. The van der Waals surface area contributed by atoms with E-state index in [1.54, 1.807) is 7.11 Å². The Morgan fingerprint density at radius 1 is 1.47 bits per heavy atom. The van der Waals surface area contributed by atoms with Crippen molar-refractivity contribution in [3.63, 3.8) is 0 Å². The number of fused-ring (bicyclic) bond motifs is 1. The number of nitrogens with zero attached hydrogens (tertiary/aromatic N) is 1. The Morgan fingerprint density at radius 2 is 2.24 bits per heavy atom. The molecule has 90 valence electrons. The molecule has 0 amide bonds. The highest BCUT2D eigenvalue weighted by Crippen LogP contribution is 2.24. The van der Waals surface area contributed by atoms with Gasteiger partial charge >= 0.3 is 0 Å². The van der Waals surface area contributed by atoms with Gasteiger partial charge in [-0.2, -0.15) is 0 Å². The Morgan fingerprint density at radius 3 is 2.88 bits per heavy atom. The summed E-state index contributed by atoms with van der Waals surface area (Å²) in [5.74, 6) is 0.661. The lowest BCUT2D eigenvalue weighted by Crippen LogP contribution is -2.09. The van der Waals surface area contributed by atoms with Gasteiger partial charge in [0.05, 0.1) is 13.0 Å². The molecule has 1 heterocycles. The average molecular weight is 234 g/mol. The molecule has 5 heteroatoms. The van der Waals surface area contributed by atoms with Crippen LogP contribution in [0.1, 0.15) is 18.5 Å². The predicted octanol–water partition coefficient (Wildman–Crippen LogP) is 2.56. The minimum atomic E-state index is -0.295. The second kappa shape index (κ2) is 4.45. The maximum Gasteiger partial charge on any atom is 0.211 e. The van der Waals surface area contributed by atoms with Crippen LogP contribution in [0.4, 0.5) is 0 Å². The van der Waals surface area contributed by atoms with Crippen molar-refractivity contribution >= 4 is 10.9 Å². The quantitative estimate of drug-likeness (QED) is 0.653. The van der Waals surface area contributed by atoms with Gasteiger partial charge in [0.1, 0.15) is 5.75 Å². The molecule has 1 atom stereocenters. The van der Waals surface area contributed by atoms with Crippen molar-refractivity contribution in [1.82, 2.24) is 4.98 Å². The van der Waals surface area contributed by atoms with Gasteiger partial charge in [-0.05, 0) is 24.3 Å². The summed E-state index contributed by atoms with van der Waals surface area (Å²) in [6.07, 6.45) is 0. The number of rotatable bonds is 4. The first-order valence-corrected chi connectivity index (χ1v) is 5.38. The fourth-order valence-electron chi connectivity index (χ4n) is 1.85. The Bertz CT molecular complexity index is 548. The zero-order valence-corrected chi connectivity index (χ0v) is 9.77. The van der Waals surface area contributed by atoms with Gasteiger partial charge in [-0.25, -0.2) is 0 Å². The molecule has 1 aromatic carbocycles. The maximum absolute atomic E-state index is 10.5. The fourth-order valence-corrected chi connectivity index (χ4v) is 1.85. The van der Waals surface area contributed by atoms with Crippen LogP contribution in [-0.4, -0.2) is 23.6 Å². The molecule has 2 rings (SSSR count). The summed E-state index contributed by atoms with van der Waals surface area (Å²) in [4.78, 5) is 13.4. The van der Waals surface area contributed by atoms with Gasteiger partial charge in [-0.1, -0.05) is 6.92 Å². The fraction of sp³-hybridized carbons (Fsp3) is 0.333. The van der Waals surface area contributed by atoms with E-state index in [2.05, 4.69) is 4.98 Å². The smallest absolute Gasteiger partial charge is 0.211 e. The molecule has 5 nitrogen and oxygen atoms in total. The molecular weight excluding hydrogens is 220 g/mol. The number of methoxy groups -OCH3 is 1. The third kappa shape index (κ3) is 2.38. The first-order chi connectivity index (χ1) is 8.10. The number of benzene rings is 1. The molecule has 0 unspecified atom stereocenters. The van der Waals surface area contributed by atoms with Crippen LogP contribution in [0.25, 0.3) is 10.9 Å². The van der Waals surface area contributed by atoms with E-state index in [1.165, 1.54) is 0 Å². The third-order valence-electron chi connectivity index (χ3n) is 2.80. The lowest BCUT2D eigenvalue weighted by molar-refractivity contribution is -0.482. The highest BCUT2D eigenvalue weighted by molar-refractivity contribution is 5.82. The van der Waals surface area contributed by atoms with Crippen molar-refractivity contribution in [2.75, 3.05) is 13.7 Å². The standard InChI is InChI=1S/C12H14N2O3/c1-8(7-14(15)16)12-6-9-5-10(17-2)3-4-11(9)13-12/h3-6,8,13H,7H2,1-2H3/t8-/m0/s1. The van der Waals surface area contributed by atoms with E-state index in [0.717, 1.165) is 22.3 Å². The predicted molar refractivity (Wildman–Crippen MR) is 65.1 cm³/mol. The molecule has 0 radical (unpaired) electrons. The molecule has 1 aromatic heterocycles. The third-order valence-corrected chi connectivity index (χ3v) is 2.80.